The Kier molecular flexibility index (Phi) is 4.18. The predicted molar refractivity (Wildman–Crippen MR) is 57.6 cm³/mol. The van der Waals surface area contributed by atoms with E-state index >= 15 is 0 Å². The molecular weight excluding hydrogens is 174 g/mol. The molecule has 1 aromatic carbocycles. The maximum Gasteiger partial charge on any atom is 0.0803 e. The first kappa shape index (κ1) is 10.8. The third-order valence-corrected chi connectivity index (χ3v) is 2.14. The summed E-state index contributed by atoms with van der Waals surface area (Å²) < 4.78 is 0. The summed E-state index contributed by atoms with van der Waals surface area (Å²) in [5.74, 6) is 2.40. The van der Waals surface area contributed by atoms with Gasteiger partial charge >= 0.3 is 0 Å². The van der Waals surface area contributed by atoms with E-state index in [2.05, 4.69) is 5.92 Å². The Morgan fingerprint density at radius 3 is 2.57 bits per heavy atom. The molecule has 0 saturated heterocycles. The van der Waals surface area contributed by atoms with Crippen molar-refractivity contribution in [2.75, 3.05) is 0 Å². The Bertz CT molecular complexity index is 302. The average molecular weight is 189 g/mol. The summed E-state index contributed by atoms with van der Waals surface area (Å²) in [6.07, 6.45) is 5.45. The molecule has 1 rings (SSSR count). The Labute approximate surface area is 84.8 Å². The zero-order valence-electron chi connectivity index (χ0n) is 8.06. The van der Waals surface area contributed by atoms with Crippen LogP contribution in [0.2, 0.25) is 0 Å². The summed E-state index contributed by atoms with van der Waals surface area (Å²) in [5, 5.41) is 9.51. The molecule has 2 unspecified atom stereocenters. The molecule has 0 fully saturated rings. The van der Waals surface area contributed by atoms with Crippen molar-refractivity contribution in [3.8, 4) is 12.3 Å². The van der Waals surface area contributed by atoms with Crippen LogP contribution in [0.1, 0.15) is 12.0 Å². The lowest BCUT2D eigenvalue weighted by Gasteiger charge is -2.16. The predicted octanol–water partition coefficient (Wildman–Crippen LogP) is 0.941. The molecular formula is C12H15NO. The molecule has 1 aromatic rings. The number of hydrogen-bond acceptors (Lipinski definition) is 2. The van der Waals surface area contributed by atoms with E-state index in [4.69, 9.17) is 12.2 Å². The molecule has 3 N–H and O–H groups in total. The van der Waals surface area contributed by atoms with Crippen LogP contribution in [0.25, 0.3) is 0 Å². The van der Waals surface area contributed by atoms with Gasteiger partial charge in [0.1, 0.15) is 0 Å². The second-order valence-corrected chi connectivity index (χ2v) is 3.33. The summed E-state index contributed by atoms with van der Waals surface area (Å²) >= 11 is 0. The summed E-state index contributed by atoms with van der Waals surface area (Å²) in [7, 11) is 0. The van der Waals surface area contributed by atoms with Gasteiger partial charge in [-0.3, -0.25) is 0 Å². The van der Waals surface area contributed by atoms with Crippen molar-refractivity contribution < 1.29 is 5.11 Å². The van der Waals surface area contributed by atoms with Gasteiger partial charge in [0.25, 0.3) is 0 Å². The van der Waals surface area contributed by atoms with Crippen LogP contribution in [0.4, 0.5) is 0 Å². The van der Waals surface area contributed by atoms with E-state index in [-0.39, 0.29) is 6.04 Å². The van der Waals surface area contributed by atoms with Gasteiger partial charge in [0.05, 0.1) is 6.10 Å². The van der Waals surface area contributed by atoms with Gasteiger partial charge in [0, 0.05) is 12.5 Å². The van der Waals surface area contributed by atoms with Crippen LogP contribution in [0.5, 0.6) is 0 Å². The minimum Gasteiger partial charge on any atom is -0.391 e. The largest absolute Gasteiger partial charge is 0.391 e. The smallest absolute Gasteiger partial charge is 0.0803 e. The Morgan fingerprint density at radius 1 is 1.36 bits per heavy atom. The maximum absolute atomic E-state index is 9.51. The van der Waals surface area contributed by atoms with Crippen molar-refractivity contribution in [1.82, 2.24) is 0 Å². The Morgan fingerprint density at radius 2 is 2.00 bits per heavy atom. The van der Waals surface area contributed by atoms with Crippen molar-refractivity contribution in [2.24, 2.45) is 5.73 Å². The normalized spacial score (nSPS) is 14.4. The number of rotatable bonds is 4. The first-order chi connectivity index (χ1) is 6.74. The number of benzene rings is 1. The molecule has 0 radical (unpaired) electrons. The third-order valence-electron chi connectivity index (χ3n) is 2.14. The highest BCUT2D eigenvalue weighted by Gasteiger charge is 2.13. The van der Waals surface area contributed by atoms with E-state index in [9.17, 15) is 5.11 Å². The van der Waals surface area contributed by atoms with Crippen LogP contribution in [0.15, 0.2) is 30.3 Å². The lowest BCUT2D eigenvalue weighted by atomic mass is 10.0. The van der Waals surface area contributed by atoms with Gasteiger partial charge in [-0.2, -0.15) is 0 Å². The topological polar surface area (TPSA) is 46.2 Å². The molecule has 0 aromatic heterocycles. The molecule has 2 nitrogen and oxygen atoms in total. The number of aliphatic hydroxyl groups is 1. The minimum absolute atomic E-state index is 0.284. The molecule has 2 atom stereocenters. The SMILES string of the molecule is C#CCC(O)C(N)Cc1ccccc1. The van der Waals surface area contributed by atoms with Crippen LogP contribution >= 0.6 is 0 Å². The lowest BCUT2D eigenvalue weighted by Crippen LogP contribution is -2.36. The summed E-state index contributed by atoms with van der Waals surface area (Å²) in [5.41, 5.74) is 6.91. The molecule has 2 heteroatoms. The molecule has 0 saturated carbocycles. The highest BCUT2D eigenvalue weighted by Crippen LogP contribution is 2.05. The fraction of sp³-hybridized carbons (Fsp3) is 0.333. The Hall–Kier alpha value is -1.30. The van der Waals surface area contributed by atoms with Crippen molar-refractivity contribution in [2.45, 2.75) is 25.0 Å². The van der Waals surface area contributed by atoms with Gasteiger partial charge in [-0.1, -0.05) is 30.3 Å². The first-order valence-corrected chi connectivity index (χ1v) is 4.65. The van der Waals surface area contributed by atoms with Crippen LogP contribution < -0.4 is 5.73 Å². The minimum atomic E-state index is -0.611. The number of hydrogen-bond donors (Lipinski definition) is 2. The number of terminal acetylenes is 1. The van der Waals surface area contributed by atoms with Crippen LogP contribution in [0.3, 0.4) is 0 Å². The highest BCUT2D eigenvalue weighted by atomic mass is 16.3. The van der Waals surface area contributed by atoms with Gasteiger partial charge < -0.3 is 10.8 Å². The van der Waals surface area contributed by atoms with Crippen LogP contribution in [0, 0.1) is 12.3 Å². The molecule has 0 amide bonds. The summed E-state index contributed by atoms with van der Waals surface area (Å²) in [6, 6.07) is 9.55. The van der Waals surface area contributed by atoms with Gasteiger partial charge in [0.2, 0.25) is 0 Å². The third kappa shape index (κ3) is 3.21. The van der Waals surface area contributed by atoms with Crippen molar-refractivity contribution in [1.29, 1.82) is 0 Å². The van der Waals surface area contributed by atoms with Crippen LogP contribution in [-0.2, 0) is 6.42 Å². The van der Waals surface area contributed by atoms with E-state index in [0.717, 1.165) is 5.56 Å². The molecule has 0 bridgehead atoms. The second kappa shape index (κ2) is 5.43. The van der Waals surface area contributed by atoms with Crippen molar-refractivity contribution >= 4 is 0 Å². The monoisotopic (exact) mass is 189 g/mol. The Balaban J connectivity index is 2.49. The van der Waals surface area contributed by atoms with Gasteiger partial charge in [-0.15, -0.1) is 12.3 Å². The van der Waals surface area contributed by atoms with E-state index in [1.165, 1.54) is 0 Å². The van der Waals surface area contributed by atoms with Gasteiger partial charge in [0.15, 0.2) is 0 Å². The second-order valence-electron chi connectivity index (χ2n) is 3.33. The molecule has 0 aliphatic heterocycles. The molecule has 0 aliphatic rings. The molecule has 14 heavy (non-hydrogen) atoms. The first-order valence-electron chi connectivity index (χ1n) is 4.65. The standard InChI is InChI=1S/C12H15NO/c1-2-6-12(14)11(13)9-10-7-4-3-5-8-10/h1,3-5,7-8,11-12,14H,6,9,13H2. The zero-order valence-corrected chi connectivity index (χ0v) is 8.06. The van der Waals surface area contributed by atoms with E-state index in [1.807, 2.05) is 30.3 Å². The molecule has 0 heterocycles. The maximum atomic E-state index is 9.51. The van der Waals surface area contributed by atoms with Crippen molar-refractivity contribution in [3.05, 3.63) is 35.9 Å². The zero-order chi connectivity index (χ0) is 10.4. The van der Waals surface area contributed by atoms with Gasteiger partial charge in [-0.25, -0.2) is 0 Å². The lowest BCUT2D eigenvalue weighted by molar-refractivity contribution is 0.149. The molecule has 74 valence electrons. The fourth-order valence-electron chi connectivity index (χ4n) is 1.29. The highest BCUT2D eigenvalue weighted by molar-refractivity contribution is 5.16. The van der Waals surface area contributed by atoms with Crippen LogP contribution in [-0.4, -0.2) is 17.3 Å². The summed E-state index contributed by atoms with van der Waals surface area (Å²) in [4.78, 5) is 0. The van der Waals surface area contributed by atoms with Gasteiger partial charge in [-0.05, 0) is 12.0 Å². The number of aliphatic hydroxyl groups excluding tert-OH is 1. The van der Waals surface area contributed by atoms with Crippen molar-refractivity contribution in [3.63, 3.8) is 0 Å². The molecule has 0 spiro atoms. The fourth-order valence-corrected chi connectivity index (χ4v) is 1.29. The molecule has 0 aliphatic carbocycles. The average Bonchev–Trinajstić information content (AvgIpc) is 2.19. The summed E-state index contributed by atoms with van der Waals surface area (Å²) in [6.45, 7) is 0. The van der Waals surface area contributed by atoms with E-state index in [0.29, 0.717) is 12.8 Å². The quantitative estimate of drug-likeness (QED) is 0.692. The number of nitrogens with two attached hydrogens (primary N) is 1. The van der Waals surface area contributed by atoms with E-state index in [1.54, 1.807) is 0 Å². The van der Waals surface area contributed by atoms with E-state index < -0.39 is 6.10 Å².